The summed E-state index contributed by atoms with van der Waals surface area (Å²) in [5, 5.41) is 11.4. The molecule has 2 radical (unpaired) electrons. The minimum Gasteiger partial charge on any atom is -0.366 e. The van der Waals surface area contributed by atoms with Gasteiger partial charge in [0.05, 0.1) is 5.69 Å². The van der Waals surface area contributed by atoms with Crippen LogP contribution in [0.15, 0.2) is 60.8 Å². The smallest absolute Gasteiger partial charge is 0.227 e. The van der Waals surface area contributed by atoms with Gasteiger partial charge in [-0.15, -0.1) is 0 Å². The number of hydrogen-bond acceptors (Lipinski definition) is 4. The molecule has 1 fully saturated rings. The number of nitrogens with zero attached hydrogens (tertiary/aromatic N) is 3. The molecule has 31 heavy (non-hydrogen) atoms. The number of halogens is 1. The lowest BCUT2D eigenvalue weighted by molar-refractivity contribution is -0.117. The highest BCUT2D eigenvalue weighted by molar-refractivity contribution is 6.36. The summed E-state index contributed by atoms with van der Waals surface area (Å²) >= 11 is 6.39. The largest absolute Gasteiger partial charge is 0.366 e. The van der Waals surface area contributed by atoms with Crippen LogP contribution in [0.4, 0.5) is 11.5 Å². The molecule has 0 spiro atoms. The summed E-state index contributed by atoms with van der Waals surface area (Å²) < 4.78 is 1.67. The maximum Gasteiger partial charge on any atom is 0.227 e. The van der Waals surface area contributed by atoms with Gasteiger partial charge in [-0.3, -0.25) is 4.79 Å². The fraction of sp³-hybridized carbons (Fsp3) is 0.174. The molecule has 2 aromatic heterocycles. The molecular formula is C23H19BClN5O. The number of anilines is 2. The Bertz CT molecular complexity index is 1280. The standard InChI is InChI=1S/C23H19BClN5O/c24-18-13-27-30-21(11-20(29-22(18)30)17-6-1-2-7-19(17)25)26-12-14-4-3-5-16(10-14)28-23(31)15-8-9-15/h1-7,10-11,13,15,26H,8-9,12H2,(H,28,31). The van der Waals surface area contributed by atoms with Gasteiger partial charge in [-0.25, -0.2) is 4.98 Å². The lowest BCUT2D eigenvalue weighted by Gasteiger charge is -2.13. The zero-order valence-corrected chi connectivity index (χ0v) is 17.4. The van der Waals surface area contributed by atoms with Crippen LogP contribution in [0.1, 0.15) is 18.4 Å². The number of aromatic nitrogens is 3. The van der Waals surface area contributed by atoms with Crippen molar-refractivity contribution in [3.8, 4) is 11.3 Å². The summed E-state index contributed by atoms with van der Waals surface area (Å²) in [7, 11) is 6.09. The molecule has 2 aromatic carbocycles. The Morgan fingerprint density at radius 2 is 2.00 bits per heavy atom. The first kappa shape index (κ1) is 19.6. The molecule has 6 nitrogen and oxygen atoms in total. The first-order chi connectivity index (χ1) is 15.1. The highest BCUT2D eigenvalue weighted by Gasteiger charge is 2.29. The number of nitrogens with one attached hydrogen (secondary N) is 2. The molecule has 1 aliphatic carbocycles. The van der Waals surface area contributed by atoms with Gasteiger partial charge in [0.2, 0.25) is 5.91 Å². The molecule has 1 amide bonds. The number of carbonyl (C=O) groups is 1. The van der Waals surface area contributed by atoms with E-state index in [-0.39, 0.29) is 11.8 Å². The van der Waals surface area contributed by atoms with E-state index in [2.05, 4.69) is 20.7 Å². The molecular weight excluding hydrogens is 409 g/mol. The maximum atomic E-state index is 12.0. The number of rotatable bonds is 6. The van der Waals surface area contributed by atoms with Crippen molar-refractivity contribution in [1.29, 1.82) is 0 Å². The molecule has 8 heteroatoms. The Morgan fingerprint density at radius 1 is 1.16 bits per heavy atom. The first-order valence-corrected chi connectivity index (χ1v) is 10.5. The predicted octanol–water partition coefficient (Wildman–Crippen LogP) is 3.80. The third kappa shape index (κ3) is 4.14. The molecule has 5 rings (SSSR count). The summed E-state index contributed by atoms with van der Waals surface area (Å²) in [6.45, 7) is 0.536. The monoisotopic (exact) mass is 427 g/mol. The van der Waals surface area contributed by atoms with E-state index < -0.39 is 0 Å². The molecule has 4 aromatic rings. The van der Waals surface area contributed by atoms with Crippen LogP contribution in [0.2, 0.25) is 5.02 Å². The number of carbonyl (C=O) groups excluding carboxylic acids is 1. The average Bonchev–Trinajstić information content (AvgIpc) is 3.56. The fourth-order valence-corrected chi connectivity index (χ4v) is 3.69. The molecule has 2 N–H and O–H groups in total. The second kappa shape index (κ2) is 8.08. The van der Waals surface area contributed by atoms with E-state index in [0.29, 0.717) is 28.4 Å². The maximum absolute atomic E-state index is 12.0. The second-order valence-corrected chi connectivity index (χ2v) is 8.07. The van der Waals surface area contributed by atoms with Crippen LogP contribution >= 0.6 is 11.6 Å². The van der Waals surface area contributed by atoms with E-state index in [1.165, 1.54) is 0 Å². The normalized spacial score (nSPS) is 13.3. The average molecular weight is 428 g/mol. The van der Waals surface area contributed by atoms with E-state index in [0.717, 1.165) is 35.5 Å². The predicted molar refractivity (Wildman–Crippen MR) is 124 cm³/mol. The number of amides is 1. The second-order valence-electron chi connectivity index (χ2n) is 7.66. The summed E-state index contributed by atoms with van der Waals surface area (Å²) in [6.07, 6.45) is 3.54. The molecule has 1 saturated carbocycles. The molecule has 0 saturated heterocycles. The van der Waals surface area contributed by atoms with Gasteiger partial charge in [0.1, 0.15) is 13.7 Å². The summed E-state index contributed by atoms with van der Waals surface area (Å²) in [5.41, 5.74) is 4.40. The number of fused-ring (bicyclic) bond motifs is 1. The quantitative estimate of drug-likeness (QED) is 0.459. The van der Waals surface area contributed by atoms with Crippen molar-refractivity contribution in [1.82, 2.24) is 14.6 Å². The third-order valence-electron chi connectivity index (χ3n) is 5.27. The Kier molecular flexibility index (Phi) is 5.12. The molecule has 2 heterocycles. The SMILES string of the molecule is [B]c1cnn2c(NCc3cccc(NC(=O)C4CC4)c3)cc(-c3ccccc3Cl)nc12. The van der Waals surface area contributed by atoms with Crippen LogP contribution < -0.4 is 16.1 Å². The van der Waals surface area contributed by atoms with E-state index in [1.807, 2.05) is 54.6 Å². The van der Waals surface area contributed by atoms with E-state index >= 15 is 0 Å². The topological polar surface area (TPSA) is 71.3 Å². The van der Waals surface area contributed by atoms with Gasteiger partial charge in [0, 0.05) is 41.0 Å². The van der Waals surface area contributed by atoms with Crippen molar-refractivity contribution in [2.45, 2.75) is 19.4 Å². The van der Waals surface area contributed by atoms with E-state index in [1.54, 1.807) is 10.7 Å². The Morgan fingerprint density at radius 3 is 2.81 bits per heavy atom. The van der Waals surface area contributed by atoms with Gasteiger partial charge in [0.15, 0.2) is 5.65 Å². The molecule has 0 atom stereocenters. The molecule has 1 aliphatic rings. The van der Waals surface area contributed by atoms with E-state index in [9.17, 15) is 4.79 Å². The van der Waals surface area contributed by atoms with Crippen molar-refractivity contribution in [3.63, 3.8) is 0 Å². The van der Waals surface area contributed by atoms with Crippen LogP contribution in [0.25, 0.3) is 16.9 Å². The summed E-state index contributed by atoms with van der Waals surface area (Å²) in [4.78, 5) is 16.7. The van der Waals surface area contributed by atoms with E-state index in [4.69, 9.17) is 19.4 Å². The van der Waals surface area contributed by atoms with Gasteiger partial charge in [-0.1, -0.05) is 41.9 Å². The molecule has 0 unspecified atom stereocenters. The van der Waals surface area contributed by atoms with Gasteiger partial charge in [0.25, 0.3) is 0 Å². The minimum atomic E-state index is 0.0948. The Labute approximate surface area is 186 Å². The minimum absolute atomic E-state index is 0.0948. The van der Waals surface area contributed by atoms with Crippen LogP contribution in [-0.2, 0) is 11.3 Å². The van der Waals surface area contributed by atoms with Crippen LogP contribution in [-0.4, -0.2) is 28.4 Å². The lowest BCUT2D eigenvalue weighted by Crippen LogP contribution is -2.13. The summed E-state index contributed by atoms with van der Waals surface area (Å²) in [5.74, 6) is 1.00. The highest BCUT2D eigenvalue weighted by atomic mass is 35.5. The Balaban J connectivity index is 1.43. The number of hydrogen-bond donors (Lipinski definition) is 2. The zero-order valence-electron chi connectivity index (χ0n) is 16.7. The zero-order chi connectivity index (χ0) is 21.4. The van der Waals surface area contributed by atoms with Gasteiger partial charge in [-0.05, 0) is 42.1 Å². The van der Waals surface area contributed by atoms with Crippen molar-refractivity contribution >= 4 is 48.0 Å². The Hall–Kier alpha value is -3.32. The van der Waals surface area contributed by atoms with Gasteiger partial charge in [-0.2, -0.15) is 9.61 Å². The lowest BCUT2D eigenvalue weighted by atomic mass is 10.0. The fourth-order valence-electron chi connectivity index (χ4n) is 3.45. The van der Waals surface area contributed by atoms with Crippen molar-refractivity contribution in [2.75, 3.05) is 10.6 Å². The third-order valence-corrected chi connectivity index (χ3v) is 5.59. The van der Waals surface area contributed by atoms with Crippen molar-refractivity contribution < 1.29 is 4.79 Å². The highest BCUT2D eigenvalue weighted by Crippen LogP contribution is 2.30. The van der Waals surface area contributed by atoms with Gasteiger partial charge < -0.3 is 10.6 Å². The molecule has 0 aliphatic heterocycles. The number of benzene rings is 2. The van der Waals surface area contributed by atoms with Crippen LogP contribution in [0.3, 0.4) is 0 Å². The van der Waals surface area contributed by atoms with Crippen molar-refractivity contribution in [2.24, 2.45) is 5.92 Å². The molecule has 0 bridgehead atoms. The first-order valence-electron chi connectivity index (χ1n) is 10.1. The van der Waals surface area contributed by atoms with Crippen molar-refractivity contribution in [3.05, 3.63) is 71.4 Å². The summed E-state index contributed by atoms with van der Waals surface area (Å²) in [6, 6.07) is 17.3. The van der Waals surface area contributed by atoms with Crippen LogP contribution in [0.5, 0.6) is 0 Å². The van der Waals surface area contributed by atoms with Gasteiger partial charge >= 0.3 is 0 Å². The van der Waals surface area contributed by atoms with Crippen LogP contribution in [0, 0.1) is 5.92 Å². The molecule has 152 valence electrons.